The average Bonchev–Trinajstić information content (AvgIpc) is 2.47. The minimum absolute atomic E-state index is 0. The zero-order chi connectivity index (χ0) is 14.6. The smallest absolute Gasteiger partial charge is 0.229 e. The Morgan fingerprint density at radius 3 is 2.33 bits per heavy atom. The Morgan fingerprint density at radius 1 is 1.24 bits per heavy atom. The normalized spacial score (nSPS) is 20.3. The average molecular weight is 332 g/mol. The monoisotopic (exact) mass is 331 g/mol. The maximum atomic E-state index is 12.3. The molecule has 1 aromatic carbocycles. The van der Waals surface area contributed by atoms with Gasteiger partial charge >= 0.3 is 0 Å². The van der Waals surface area contributed by atoms with E-state index in [0.29, 0.717) is 12.5 Å². The van der Waals surface area contributed by atoms with E-state index in [1.54, 1.807) is 6.66 Å². The maximum Gasteiger partial charge on any atom is 0.229 e. The van der Waals surface area contributed by atoms with Crippen LogP contribution in [0.4, 0.5) is 0 Å². The van der Waals surface area contributed by atoms with E-state index in [1.165, 1.54) is 32.1 Å². The van der Waals surface area contributed by atoms with Crippen LogP contribution in [0.15, 0.2) is 24.3 Å². The molecule has 1 aliphatic rings. The Kier molecular flexibility index (Phi) is 7.42. The lowest BCUT2D eigenvalue weighted by molar-refractivity contribution is 0.308. The van der Waals surface area contributed by atoms with Crippen molar-refractivity contribution >= 4 is 25.1 Å². The van der Waals surface area contributed by atoms with Crippen molar-refractivity contribution in [1.29, 1.82) is 0 Å². The molecule has 2 atom stereocenters. The first-order valence-corrected chi connectivity index (χ1v) is 9.70. The van der Waals surface area contributed by atoms with Crippen LogP contribution in [0, 0.1) is 5.92 Å². The summed E-state index contributed by atoms with van der Waals surface area (Å²) in [7, 11) is -2.67. The Morgan fingerprint density at radius 2 is 1.81 bits per heavy atom. The van der Waals surface area contributed by atoms with Crippen LogP contribution in [-0.2, 0) is 9.09 Å². The van der Waals surface area contributed by atoms with Gasteiger partial charge < -0.3 is 10.3 Å². The van der Waals surface area contributed by atoms with Crippen molar-refractivity contribution in [3.05, 3.63) is 29.8 Å². The van der Waals surface area contributed by atoms with Gasteiger partial charge in [-0.05, 0) is 43.4 Å². The number of hydrogen-bond acceptors (Lipinski definition) is 3. The summed E-state index contributed by atoms with van der Waals surface area (Å²) in [5.41, 5.74) is 7.54. The quantitative estimate of drug-likeness (QED) is 0.820. The highest BCUT2D eigenvalue weighted by Gasteiger charge is 2.23. The third-order valence-electron chi connectivity index (χ3n) is 4.28. The van der Waals surface area contributed by atoms with Crippen molar-refractivity contribution in [3.63, 3.8) is 0 Å². The number of hydrogen-bond donors (Lipinski definition) is 1. The second kappa shape index (κ2) is 8.33. The molecule has 2 N–H and O–H groups in total. The minimum Gasteiger partial charge on any atom is -0.326 e. The van der Waals surface area contributed by atoms with E-state index in [4.69, 9.17) is 10.3 Å². The van der Waals surface area contributed by atoms with Gasteiger partial charge in [0.2, 0.25) is 7.37 Å². The second-order valence-electron chi connectivity index (χ2n) is 5.78. The van der Waals surface area contributed by atoms with Crippen LogP contribution >= 0.6 is 19.8 Å². The van der Waals surface area contributed by atoms with Crippen LogP contribution in [0.5, 0.6) is 0 Å². The van der Waals surface area contributed by atoms with Gasteiger partial charge in [0.1, 0.15) is 0 Å². The molecule has 1 unspecified atom stereocenters. The lowest BCUT2D eigenvalue weighted by Crippen LogP contribution is -2.23. The summed E-state index contributed by atoms with van der Waals surface area (Å²) < 4.78 is 17.7. The summed E-state index contributed by atoms with van der Waals surface area (Å²) in [4.78, 5) is 0. The highest BCUT2D eigenvalue weighted by Crippen LogP contribution is 2.41. The van der Waals surface area contributed by atoms with Gasteiger partial charge in [0.15, 0.2) is 0 Å². The lowest BCUT2D eigenvalue weighted by Gasteiger charge is -2.28. The molecule has 3 nitrogen and oxygen atoms in total. The summed E-state index contributed by atoms with van der Waals surface area (Å²) in [6.45, 7) is 4.01. The van der Waals surface area contributed by atoms with E-state index in [2.05, 4.69) is 0 Å². The third-order valence-corrected chi connectivity index (χ3v) is 6.27. The molecule has 120 valence electrons. The maximum absolute atomic E-state index is 12.3. The van der Waals surface area contributed by atoms with E-state index < -0.39 is 7.37 Å². The minimum atomic E-state index is -2.67. The predicted molar refractivity (Wildman–Crippen MR) is 92.0 cm³/mol. The molecule has 0 radical (unpaired) electrons. The van der Waals surface area contributed by atoms with Crippen LogP contribution in [0.2, 0.25) is 0 Å². The first kappa shape index (κ1) is 18.7. The highest BCUT2D eigenvalue weighted by molar-refractivity contribution is 7.66. The molecule has 5 heteroatoms. The Bertz CT molecular complexity index is 472. The van der Waals surface area contributed by atoms with Crippen molar-refractivity contribution in [1.82, 2.24) is 0 Å². The fraction of sp³-hybridized carbons (Fsp3) is 0.625. The largest absolute Gasteiger partial charge is 0.326 e. The van der Waals surface area contributed by atoms with Gasteiger partial charge in [0.05, 0.1) is 6.61 Å². The Hall–Kier alpha value is -0.340. The van der Waals surface area contributed by atoms with Crippen molar-refractivity contribution in [2.24, 2.45) is 11.7 Å². The molecule has 0 saturated heterocycles. The van der Waals surface area contributed by atoms with E-state index in [-0.39, 0.29) is 18.4 Å². The fourth-order valence-corrected chi connectivity index (χ4v) is 4.39. The standard InChI is InChI=1S/C16H26NO2P.ClH/c1-3-19-20(2,18)15-11-9-14(10-12-15)16(17)13-7-5-4-6-8-13;/h9-13,16H,3-8,17H2,1-2H3;1H/t16-,20?;/m1./s1. The summed E-state index contributed by atoms with van der Waals surface area (Å²) >= 11 is 0. The molecule has 1 fully saturated rings. The van der Waals surface area contributed by atoms with Crippen molar-refractivity contribution in [2.45, 2.75) is 45.1 Å². The molecule has 21 heavy (non-hydrogen) atoms. The van der Waals surface area contributed by atoms with Gasteiger partial charge in [-0.2, -0.15) is 0 Å². The van der Waals surface area contributed by atoms with Crippen LogP contribution in [0.25, 0.3) is 0 Å². The molecule has 1 aromatic rings. The molecule has 2 rings (SSSR count). The zero-order valence-electron chi connectivity index (χ0n) is 13.0. The van der Waals surface area contributed by atoms with Crippen LogP contribution in [0.1, 0.15) is 50.6 Å². The molecule has 0 aromatic heterocycles. The fourth-order valence-electron chi connectivity index (χ4n) is 3.05. The van der Waals surface area contributed by atoms with Gasteiger partial charge in [0.25, 0.3) is 0 Å². The third kappa shape index (κ3) is 4.82. The van der Waals surface area contributed by atoms with Gasteiger partial charge in [-0.15, -0.1) is 12.4 Å². The zero-order valence-corrected chi connectivity index (χ0v) is 14.7. The molecule has 0 spiro atoms. The first-order chi connectivity index (χ1) is 9.54. The molecule has 1 saturated carbocycles. The molecular weight excluding hydrogens is 305 g/mol. The van der Waals surface area contributed by atoms with Crippen LogP contribution < -0.4 is 11.0 Å². The van der Waals surface area contributed by atoms with E-state index >= 15 is 0 Å². The summed E-state index contributed by atoms with van der Waals surface area (Å²) in [5.74, 6) is 0.593. The summed E-state index contributed by atoms with van der Waals surface area (Å²) in [6.07, 6.45) is 6.40. The van der Waals surface area contributed by atoms with Crippen molar-refractivity contribution < 1.29 is 9.09 Å². The lowest BCUT2D eigenvalue weighted by atomic mass is 9.81. The van der Waals surface area contributed by atoms with Gasteiger partial charge in [-0.1, -0.05) is 31.4 Å². The van der Waals surface area contributed by atoms with Gasteiger partial charge in [-0.25, -0.2) is 0 Å². The summed E-state index contributed by atoms with van der Waals surface area (Å²) in [6, 6.07) is 7.96. The van der Waals surface area contributed by atoms with Crippen LogP contribution in [-0.4, -0.2) is 13.3 Å². The molecule has 0 bridgehead atoms. The summed E-state index contributed by atoms with van der Waals surface area (Å²) in [5, 5.41) is 0.777. The molecule has 0 aliphatic heterocycles. The number of halogens is 1. The van der Waals surface area contributed by atoms with Crippen molar-refractivity contribution in [3.8, 4) is 0 Å². The number of rotatable bonds is 5. The second-order valence-corrected chi connectivity index (χ2v) is 8.25. The van der Waals surface area contributed by atoms with E-state index in [9.17, 15) is 4.57 Å². The predicted octanol–water partition coefficient (Wildman–Crippen LogP) is 4.26. The van der Waals surface area contributed by atoms with Gasteiger partial charge in [0, 0.05) is 18.0 Å². The SMILES string of the molecule is CCOP(C)(=O)c1ccc([C@H](N)C2CCCCC2)cc1.Cl. The first-order valence-electron chi connectivity index (χ1n) is 7.62. The Balaban J connectivity index is 0.00000220. The van der Waals surface area contributed by atoms with Crippen molar-refractivity contribution in [2.75, 3.05) is 13.3 Å². The highest BCUT2D eigenvalue weighted by atomic mass is 35.5. The number of nitrogens with two attached hydrogens (primary N) is 1. The van der Waals surface area contributed by atoms with E-state index in [0.717, 1.165) is 10.9 Å². The van der Waals surface area contributed by atoms with E-state index in [1.807, 2.05) is 31.2 Å². The van der Waals surface area contributed by atoms with Gasteiger partial charge in [-0.3, -0.25) is 4.57 Å². The Labute approximate surface area is 134 Å². The molecular formula is C16H27ClNO2P. The van der Waals surface area contributed by atoms with Crippen LogP contribution in [0.3, 0.4) is 0 Å². The number of benzene rings is 1. The topological polar surface area (TPSA) is 52.3 Å². The molecule has 0 amide bonds. The molecule has 1 aliphatic carbocycles. The molecule has 0 heterocycles.